The van der Waals surface area contributed by atoms with Crippen molar-refractivity contribution in [3.63, 3.8) is 0 Å². The molecule has 3 aromatic carbocycles. The lowest BCUT2D eigenvalue weighted by Gasteiger charge is -2.44. The first kappa shape index (κ1) is 42.5. The van der Waals surface area contributed by atoms with Gasteiger partial charge in [-0.3, -0.25) is 24.7 Å². The van der Waals surface area contributed by atoms with E-state index in [-0.39, 0.29) is 29.2 Å². The van der Waals surface area contributed by atoms with Crippen molar-refractivity contribution >= 4 is 41.0 Å². The molecule has 0 radical (unpaired) electrons. The van der Waals surface area contributed by atoms with Gasteiger partial charge in [0.25, 0.3) is 5.91 Å². The van der Waals surface area contributed by atoms with Crippen molar-refractivity contribution in [1.82, 2.24) is 25.1 Å². The van der Waals surface area contributed by atoms with E-state index in [2.05, 4.69) is 27.4 Å². The molecule has 0 saturated carbocycles. The van der Waals surface area contributed by atoms with Gasteiger partial charge in [0.15, 0.2) is 11.5 Å². The number of ether oxygens (including phenoxy) is 4. The van der Waals surface area contributed by atoms with Gasteiger partial charge in [0, 0.05) is 50.2 Å². The summed E-state index contributed by atoms with van der Waals surface area (Å²) < 4.78 is 21.8. The van der Waals surface area contributed by atoms with Gasteiger partial charge in [-0.05, 0) is 94.6 Å². The van der Waals surface area contributed by atoms with Gasteiger partial charge in [-0.15, -0.1) is 0 Å². The molecule has 12 nitrogen and oxygen atoms in total. The van der Waals surface area contributed by atoms with Crippen LogP contribution >= 0.6 is 23.2 Å². The number of likely N-dealkylation sites (tertiary alicyclic amines) is 2. The lowest BCUT2D eigenvalue weighted by molar-refractivity contribution is -0.150. The fourth-order valence-corrected chi connectivity index (χ4v) is 8.96. The summed E-state index contributed by atoms with van der Waals surface area (Å²) in [6, 6.07) is 19.0. The standard InChI is InChI=1S/C43H55Cl2N5O7/c1-6-57-40(52)30(2)48-22-24-50(25-23-48)46-41(53)43(32-10-8-7-9-11-32)16-19-47(20-17-43)18-14-42(33-12-13-34(44)35(45)28-33)15-21-49(29-42)39(51)31-26-36(54-3)38(56-5)37(27-31)55-4/h7-13,26-28,30H,6,14-25,29H2,1-5H3,(H,46,53)/t30-,42+/m0/s1. The van der Waals surface area contributed by atoms with Gasteiger partial charge in [-0.2, -0.15) is 0 Å². The first-order valence-electron chi connectivity index (χ1n) is 19.8. The number of amides is 2. The average Bonchev–Trinajstić information content (AvgIpc) is 3.69. The van der Waals surface area contributed by atoms with Gasteiger partial charge >= 0.3 is 5.97 Å². The summed E-state index contributed by atoms with van der Waals surface area (Å²) >= 11 is 13.0. The van der Waals surface area contributed by atoms with Crippen LogP contribution in [0.5, 0.6) is 17.2 Å². The SMILES string of the molecule is CCOC(=O)[C@H](C)N1CCN(NC(=O)C2(c3ccccc3)CCN(CC[C@@]3(c4ccc(Cl)c(Cl)c4)CCN(C(=O)c4cc(OC)c(OC)c(OC)c4)C3)CC2)CC1. The molecule has 57 heavy (non-hydrogen) atoms. The number of carbonyl (C=O) groups excluding carboxylic acids is 3. The maximum atomic E-state index is 14.4. The molecule has 14 heteroatoms. The minimum Gasteiger partial charge on any atom is -0.493 e. The Balaban J connectivity index is 1.15. The van der Waals surface area contributed by atoms with Crippen molar-refractivity contribution in [2.24, 2.45) is 0 Å². The topological polar surface area (TPSA) is 113 Å². The number of nitrogens with zero attached hydrogens (tertiary/aromatic N) is 4. The zero-order chi connectivity index (χ0) is 40.7. The molecule has 0 unspecified atom stereocenters. The number of piperazine rings is 1. The van der Waals surface area contributed by atoms with Crippen molar-refractivity contribution in [1.29, 1.82) is 0 Å². The highest BCUT2D eigenvalue weighted by molar-refractivity contribution is 6.42. The quantitative estimate of drug-likeness (QED) is 0.200. The largest absolute Gasteiger partial charge is 0.493 e. The van der Waals surface area contributed by atoms with E-state index in [0.29, 0.717) is 91.6 Å². The third-order valence-electron chi connectivity index (χ3n) is 12.2. The van der Waals surface area contributed by atoms with Crippen LogP contribution in [0.2, 0.25) is 10.0 Å². The number of methoxy groups -OCH3 is 3. The van der Waals surface area contributed by atoms with Crippen LogP contribution in [-0.4, -0.2) is 130 Å². The van der Waals surface area contributed by atoms with Gasteiger partial charge in [0.1, 0.15) is 6.04 Å². The van der Waals surface area contributed by atoms with Crippen molar-refractivity contribution in [2.75, 3.05) is 86.8 Å². The fraction of sp³-hybridized carbons (Fsp3) is 0.512. The Morgan fingerprint density at radius 1 is 0.789 bits per heavy atom. The van der Waals surface area contributed by atoms with Crippen molar-refractivity contribution in [3.05, 3.63) is 87.4 Å². The van der Waals surface area contributed by atoms with Gasteiger partial charge in [-0.25, -0.2) is 5.01 Å². The lowest BCUT2D eigenvalue weighted by Crippen LogP contribution is -2.60. The molecule has 0 aliphatic carbocycles. The van der Waals surface area contributed by atoms with Crippen LogP contribution in [0.1, 0.15) is 61.0 Å². The predicted molar refractivity (Wildman–Crippen MR) is 221 cm³/mol. The molecule has 3 aliphatic rings. The lowest BCUT2D eigenvalue weighted by atomic mass is 9.71. The molecule has 3 saturated heterocycles. The molecular weight excluding hydrogens is 769 g/mol. The Hall–Kier alpha value is -4.07. The zero-order valence-electron chi connectivity index (χ0n) is 33.7. The molecule has 0 bridgehead atoms. The first-order valence-corrected chi connectivity index (χ1v) is 20.5. The van der Waals surface area contributed by atoms with Crippen LogP contribution in [0, 0.1) is 0 Å². The molecule has 3 aliphatic heterocycles. The molecule has 3 fully saturated rings. The Morgan fingerprint density at radius 2 is 1.46 bits per heavy atom. The number of esters is 1. The van der Waals surface area contributed by atoms with Crippen LogP contribution in [-0.2, 0) is 25.2 Å². The Morgan fingerprint density at radius 3 is 2.05 bits per heavy atom. The van der Waals surface area contributed by atoms with Gasteiger partial charge in [0.2, 0.25) is 11.7 Å². The van der Waals surface area contributed by atoms with E-state index in [1.54, 1.807) is 12.1 Å². The maximum Gasteiger partial charge on any atom is 0.323 e. The minimum absolute atomic E-state index is 0.00394. The molecule has 0 aromatic heterocycles. The van der Waals surface area contributed by atoms with Crippen LogP contribution < -0.4 is 19.6 Å². The number of hydrogen-bond donors (Lipinski definition) is 1. The molecule has 2 amide bonds. The molecule has 308 valence electrons. The normalized spacial score (nSPS) is 20.8. The molecule has 3 heterocycles. The first-order chi connectivity index (χ1) is 27.5. The number of benzene rings is 3. The number of carbonyl (C=O) groups is 3. The van der Waals surface area contributed by atoms with E-state index in [1.165, 1.54) is 21.3 Å². The summed E-state index contributed by atoms with van der Waals surface area (Å²) in [7, 11) is 4.60. The van der Waals surface area contributed by atoms with Crippen LogP contribution in [0.25, 0.3) is 0 Å². The molecule has 3 aromatic rings. The second-order valence-electron chi connectivity index (χ2n) is 15.2. The third kappa shape index (κ3) is 9.15. The number of piperidine rings is 1. The van der Waals surface area contributed by atoms with Gasteiger partial charge in [0.05, 0.1) is 43.4 Å². The summed E-state index contributed by atoms with van der Waals surface area (Å²) in [4.78, 5) is 47.2. The number of hydrazine groups is 1. The highest BCUT2D eigenvalue weighted by atomic mass is 35.5. The molecule has 1 N–H and O–H groups in total. The van der Waals surface area contributed by atoms with E-state index in [4.69, 9.17) is 42.1 Å². The van der Waals surface area contributed by atoms with Crippen LogP contribution in [0.4, 0.5) is 0 Å². The predicted octanol–water partition coefficient (Wildman–Crippen LogP) is 5.83. The van der Waals surface area contributed by atoms with E-state index in [1.807, 2.05) is 60.2 Å². The highest BCUT2D eigenvalue weighted by Gasteiger charge is 2.46. The average molecular weight is 825 g/mol. The van der Waals surface area contributed by atoms with Crippen molar-refractivity contribution in [2.45, 2.75) is 56.4 Å². The zero-order valence-corrected chi connectivity index (χ0v) is 35.2. The summed E-state index contributed by atoms with van der Waals surface area (Å²) in [6.45, 7) is 9.87. The Labute approximate surface area is 346 Å². The Bertz CT molecular complexity index is 1860. The van der Waals surface area contributed by atoms with Crippen LogP contribution in [0.15, 0.2) is 60.7 Å². The molecule has 0 spiro atoms. The monoisotopic (exact) mass is 823 g/mol. The van der Waals surface area contributed by atoms with E-state index in [0.717, 1.165) is 43.6 Å². The maximum absolute atomic E-state index is 14.4. The molecule has 6 rings (SSSR count). The van der Waals surface area contributed by atoms with Gasteiger partial charge < -0.3 is 28.7 Å². The van der Waals surface area contributed by atoms with Crippen molar-refractivity contribution in [3.8, 4) is 17.2 Å². The van der Waals surface area contributed by atoms with Crippen molar-refractivity contribution < 1.29 is 33.3 Å². The van der Waals surface area contributed by atoms with E-state index in [9.17, 15) is 14.4 Å². The second kappa shape index (κ2) is 18.7. The highest BCUT2D eigenvalue weighted by Crippen LogP contribution is 2.43. The van der Waals surface area contributed by atoms with E-state index < -0.39 is 5.41 Å². The summed E-state index contributed by atoms with van der Waals surface area (Å²) in [6.07, 6.45) is 2.85. The molecule has 2 atom stereocenters. The number of halogens is 2. The minimum atomic E-state index is -0.689. The number of hydrogen-bond acceptors (Lipinski definition) is 10. The summed E-state index contributed by atoms with van der Waals surface area (Å²) in [5.74, 6) is 0.931. The summed E-state index contributed by atoms with van der Waals surface area (Å²) in [5, 5.41) is 2.95. The number of nitrogens with one attached hydrogen (secondary N) is 1. The summed E-state index contributed by atoms with van der Waals surface area (Å²) in [5.41, 5.74) is 4.72. The second-order valence-corrected chi connectivity index (χ2v) is 16.0. The molecular formula is C43H55Cl2N5O7. The third-order valence-corrected chi connectivity index (χ3v) is 13.0. The van der Waals surface area contributed by atoms with Gasteiger partial charge in [-0.1, -0.05) is 59.6 Å². The fourth-order valence-electron chi connectivity index (χ4n) is 8.66. The van der Waals surface area contributed by atoms with Crippen LogP contribution in [0.3, 0.4) is 0 Å². The number of rotatable bonds is 14. The van der Waals surface area contributed by atoms with E-state index >= 15 is 0 Å². The smallest absolute Gasteiger partial charge is 0.323 e. The Kier molecular flexibility index (Phi) is 13.9.